The zero-order valence-electron chi connectivity index (χ0n) is 13.1. The molecule has 0 spiro atoms. The van der Waals surface area contributed by atoms with Gasteiger partial charge in [-0.2, -0.15) is 0 Å². The highest BCUT2D eigenvalue weighted by atomic mass is 32.2. The van der Waals surface area contributed by atoms with Crippen molar-refractivity contribution in [2.75, 3.05) is 0 Å². The highest BCUT2D eigenvalue weighted by Gasteiger charge is 2.33. The second-order valence-corrected chi connectivity index (χ2v) is 7.48. The van der Waals surface area contributed by atoms with E-state index in [1.165, 1.54) is 25.1 Å². The molecule has 2 atom stereocenters. The summed E-state index contributed by atoms with van der Waals surface area (Å²) in [5, 5.41) is 8.16. The standard InChI is InChI=1S/C17H24O4S/c1-3-4-5-6-10-13-16(14(2)17(18)19)22(20,21)15-11-8-7-9-12-15/h7-14,16H,3-6H2,1-2H3,(H,18,19). The maximum atomic E-state index is 12.7. The fraction of sp³-hybridized carbons (Fsp3) is 0.471. The summed E-state index contributed by atoms with van der Waals surface area (Å²) in [6.07, 6.45) is 7.24. The molecular formula is C17H24O4S. The lowest BCUT2D eigenvalue weighted by atomic mass is 10.1. The Morgan fingerprint density at radius 2 is 1.86 bits per heavy atom. The molecule has 1 N–H and O–H groups in total. The summed E-state index contributed by atoms with van der Waals surface area (Å²) < 4.78 is 25.4. The summed E-state index contributed by atoms with van der Waals surface area (Å²) in [4.78, 5) is 11.4. The highest BCUT2D eigenvalue weighted by molar-refractivity contribution is 7.92. The Balaban J connectivity index is 3.02. The fourth-order valence-corrected chi connectivity index (χ4v) is 4.01. The molecule has 1 aromatic rings. The molecule has 1 aromatic carbocycles. The maximum absolute atomic E-state index is 12.7. The molecule has 0 amide bonds. The van der Waals surface area contributed by atoms with Gasteiger partial charge in [0.05, 0.1) is 16.1 Å². The molecule has 4 nitrogen and oxygen atoms in total. The van der Waals surface area contributed by atoms with Gasteiger partial charge in [0.2, 0.25) is 0 Å². The number of carbonyl (C=O) groups is 1. The minimum Gasteiger partial charge on any atom is -0.481 e. The van der Waals surface area contributed by atoms with Crippen LogP contribution < -0.4 is 0 Å². The molecule has 5 heteroatoms. The maximum Gasteiger partial charge on any atom is 0.307 e. The minimum absolute atomic E-state index is 0.159. The van der Waals surface area contributed by atoms with Crippen LogP contribution in [0.4, 0.5) is 0 Å². The lowest BCUT2D eigenvalue weighted by molar-refractivity contribution is -0.140. The topological polar surface area (TPSA) is 71.4 Å². The van der Waals surface area contributed by atoms with Gasteiger partial charge in [-0.25, -0.2) is 8.42 Å². The van der Waals surface area contributed by atoms with Crippen LogP contribution in [0.5, 0.6) is 0 Å². The molecular weight excluding hydrogens is 300 g/mol. The van der Waals surface area contributed by atoms with Crippen molar-refractivity contribution in [2.24, 2.45) is 5.92 Å². The lowest BCUT2D eigenvalue weighted by Crippen LogP contribution is -2.31. The third-order valence-electron chi connectivity index (χ3n) is 3.61. The van der Waals surface area contributed by atoms with Gasteiger partial charge in [0.25, 0.3) is 0 Å². The first-order valence-electron chi connectivity index (χ1n) is 7.59. The summed E-state index contributed by atoms with van der Waals surface area (Å²) in [6.45, 7) is 3.53. The fourth-order valence-electron chi connectivity index (χ4n) is 2.19. The number of allylic oxidation sites excluding steroid dienone is 1. The predicted octanol–water partition coefficient (Wildman–Crippen LogP) is 3.69. The van der Waals surface area contributed by atoms with E-state index >= 15 is 0 Å². The average Bonchev–Trinajstić information content (AvgIpc) is 2.50. The summed E-state index contributed by atoms with van der Waals surface area (Å²) in [5.74, 6) is -2.10. The Hall–Kier alpha value is -1.62. The van der Waals surface area contributed by atoms with E-state index in [-0.39, 0.29) is 4.90 Å². The van der Waals surface area contributed by atoms with E-state index in [0.717, 1.165) is 25.7 Å². The molecule has 22 heavy (non-hydrogen) atoms. The van der Waals surface area contributed by atoms with Gasteiger partial charge in [-0.05, 0) is 25.0 Å². The molecule has 1 rings (SSSR count). The van der Waals surface area contributed by atoms with Crippen molar-refractivity contribution in [3.8, 4) is 0 Å². The number of carboxylic acid groups (broad SMARTS) is 1. The van der Waals surface area contributed by atoms with Crippen LogP contribution >= 0.6 is 0 Å². The normalized spacial score (nSPS) is 14.8. The van der Waals surface area contributed by atoms with Crippen molar-refractivity contribution in [1.82, 2.24) is 0 Å². The summed E-state index contributed by atoms with van der Waals surface area (Å²) in [7, 11) is -3.71. The van der Waals surface area contributed by atoms with Gasteiger partial charge in [-0.15, -0.1) is 0 Å². The van der Waals surface area contributed by atoms with Crippen LogP contribution in [-0.4, -0.2) is 24.7 Å². The van der Waals surface area contributed by atoms with Crippen LogP contribution in [0.15, 0.2) is 47.4 Å². The molecule has 0 aromatic heterocycles. The Kier molecular flexibility index (Phi) is 7.32. The molecule has 2 unspecified atom stereocenters. The number of unbranched alkanes of at least 4 members (excludes halogenated alkanes) is 3. The first-order valence-corrected chi connectivity index (χ1v) is 9.14. The number of aliphatic carboxylic acids is 1. The predicted molar refractivity (Wildman–Crippen MR) is 87.5 cm³/mol. The van der Waals surface area contributed by atoms with Gasteiger partial charge in [-0.1, -0.05) is 57.0 Å². The van der Waals surface area contributed by atoms with E-state index in [0.29, 0.717) is 0 Å². The molecule has 0 saturated carbocycles. The summed E-state index contributed by atoms with van der Waals surface area (Å²) >= 11 is 0. The van der Waals surface area contributed by atoms with E-state index in [9.17, 15) is 18.3 Å². The van der Waals surface area contributed by atoms with Crippen molar-refractivity contribution in [2.45, 2.75) is 49.7 Å². The molecule has 0 saturated heterocycles. The van der Waals surface area contributed by atoms with Crippen molar-refractivity contribution in [1.29, 1.82) is 0 Å². The van der Waals surface area contributed by atoms with Crippen molar-refractivity contribution in [3.05, 3.63) is 42.5 Å². The van der Waals surface area contributed by atoms with Gasteiger partial charge < -0.3 is 5.11 Å². The third kappa shape index (κ3) is 4.98. The monoisotopic (exact) mass is 324 g/mol. The zero-order chi connectivity index (χ0) is 16.6. The largest absolute Gasteiger partial charge is 0.481 e. The van der Waals surface area contributed by atoms with Gasteiger partial charge in [0.15, 0.2) is 9.84 Å². The molecule has 0 aliphatic carbocycles. The number of carboxylic acids is 1. The van der Waals surface area contributed by atoms with E-state index in [1.807, 2.05) is 0 Å². The van der Waals surface area contributed by atoms with Gasteiger partial charge in [0.1, 0.15) is 0 Å². The van der Waals surface area contributed by atoms with Crippen LogP contribution in [-0.2, 0) is 14.6 Å². The molecule has 0 heterocycles. The lowest BCUT2D eigenvalue weighted by Gasteiger charge is -2.18. The molecule has 0 aliphatic heterocycles. The van der Waals surface area contributed by atoms with E-state index in [4.69, 9.17) is 0 Å². The SMILES string of the molecule is CCCCCC=CC(C(C)C(=O)O)S(=O)(=O)c1ccccc1. The molecule has 0 fully saturated rings. The Morgan fingerprint density at radius 1 is 1.23 bits per heavy atom. The number of hydrogen-bond donors (Lipinski definition) is 1. The first kappa shape index (κ1) is 18.4. The van der Waals surface area contributed by atoms with Crippen molar-refractivity contribution in [3.63, 3.8) is 0 Å². The molecule has 122 valence electrons. The van der Waals surface area contributed by atoms with E-state index in [1.54, 1.807) is 24.3 Å². The van der Waals surface area contributed by atoms with Crippen molar-refractivity contribution >= 4 is 15.8 Å². The molecule has 0 radical (unpaired) electrons. The number of rotatable bonds is 9. The van der Waals surface area contributed by atoms with Crippen LogP contribution in [0.25, 0.3) is 0 Å². The second-order valence-electron chi connectivity index (χ2n) is 5.37. The third-order valence-corrected chi connectivity index (χ3v) is 5.82. The Bertz CT molecular complexity index is 590. The van der Waals surface area contributed by atoms with Gasteiger partial charge >= 0.3 is 5.97 Å². The minimum atomic E-state index is -3.71. The van der Waals surface area contributed by atoms with Crippen LogP contribution in [0.2, 0.25) is 0 Å². The van der Waals surface area contributed by atoms with Crippen LogP contribution in [0.1, 0.15) is 39.5 Å². The first-order chi connectivity index (χ1) is 10.4. The number of sulfone groups is 1. The molecule has 0 aliphatic rings. The van der Waals surface area contributed by atoms with Gasteiger partial charge in [-0.3, -0.25) is 4.79 Å². The van der Waals surface area contributed by atoms with E-state index in [2.05, 4.69) is 6.92 Å². The number of benzene rings is 1. The van der Waals surface area contributed by atoms with Crippen molar-refractivity contribution < 1.29 is 18.3 Å². The number of hydrogen-bond acceptors (Lipinski definition) is 3. The second kappa shape index (κ2) is 8.73. The quantitative estimate of drug-likeness (QED) is 0.555. The highest BCUT2D eigenvalue weighted by Crippen LogP contribution is 2.23. The Labute approximate surface area is 132 Å². The van der Waals surface area contributed by atoms with Crippen LogP contribution in [0.3, 0.4) is 0 Å². The summed E-state index contributed by atoms with van der Waals surface area (Å²) in [6, 6.07) is 8.01. The zero-order valence-corrected chi connectivity index (χ0v) is 13.9. The molecule has 0 bridgehead atoms. The van der Waals surface area contributed by atoms with Crippen LogP contribution in [0, 0.1) is 5.92 Å². The summed E-state index contributed by atoms with van der Waals surface area (Å²) in [5.41, 5.74) is 0. The Morgan fingerprint density at radius 3 is 2.41 bits per heavy atom. The van der Waals surface area contributed by atoms with E-state index < -0.39 is 27.0 Å². The smallest absolute Gasteiger partial charge is 0.307 e. The van der Waals surface area contributed by atoms with Gasteiger partial charge in [0, 0.05) is 0 Å². The average molecular weight is 324 g/mol.